The molecule has 1 aliphatic rings. The SMILES string of the molecule is C[C@H]1[C@@H](NC(=O)CN(C)CC(=O)Nc2c(Cl)cccc2Cl)CCC[C@@H]1C. The number of carbonyl (C=O) groups is 2. The Morgan fingerprint density at radius 3 is 2.38 bits per heavy atom. The molecule has 2 N–H and O–H groups in total. The molecule has 0 aliphatic heterocycles. The van der Waals surface area contributed by atoms with Crippen molar-refractivity contribution in [2.75, 3.05) is 25.5 Å². The highest BCUT2D eigenvalue weighted by Crippen LogP contribution is 2.30. The number of hydrogen-bond donors (Lipinski definition) is 2. The maximum Gasteiger partial charge on any atom is 0.238 e. The Morgan fingerprint density at radius 2 is 1.73 bits per heavy atom. The Labute approximate surface area is 165 Å². The fourth-order valence-corrected chi connectivity index (χ4v) is 3.87. The van der Waals surface area contributed by atoms with Crippen LogP contribution in [0.15, 0.2) is 18.2 Å². The van der Waals surface area contributed by atoms with Crippen molar-refractivity contribution >= 4 is 40.7 Å². The molecule has 7 heteroatoms. The summed E-state index contributed by atoms with van der Waals surface area (Å²) >= 11 is 12.1. The highest BCUT2D eigenvalue weighted by Gasteiger charge is 2.28. The summed E-state index contributed by atoms with van der Waals surface area (Å²) in [5.74, 6) is 0.776. The predicted molar refractivity (Wildman–Crippen MR) is 107 cm³/mol. The number of carbonyl (C=O) groups excluding carboxylic acids is 2. The van der Waals surface area contributed by atoms with Crippen molar-refractivity contribution in [3.63, 3.8) is 0 Å². The Bertz CT molecular complexity index is 633. The lowest BCUT2D eigenvalue weighted by atomic mass is 9.78. The first-order valence-corrected chi connectivity index (χ1v) is 9.75. The molecule has 1 fully saturated rings. The molecule has 0 bridgehead atoms. The molecule has 1 aromatic rings. The first kappa shape index (κ1) is 21.0. The van der Waals surface area contributed by atoms with Gasteiger partial charge in [-0.1, -0.05) is 56.0 Å². The van der Waals surface area contributed by atoms with Gasteiger partial charge in [-0.3, -0.25) is 14.5 Å². The van der Waals surface area contributed by atoms with Crippen molar-refractivity contribution in [3.05, 3.63) is 28.2 Å². The molecule has 2 rings (SSSR count). The fraction of sp³-hybridized carbons (Fsp3) is 0.579. The number of amides is 2. The third-order valence-electron chi connectivity index (χ3n) is 5.11. The van der Waals surface area contributed by atoms with Crippen molar-refractivity contribution in [3.8, 4) is 0 Å². The van der Waals surface area contributed by atoms with Crippen LogP contribution in [0.2, 0.25) is 10.0 Å². The summed E-state index contributed by atoms with van der Waals surface area (Å²) in [6.45, 7) is 4.67. The first-order chi connectivity index (χ1) is 12.3. The highest BCUT2D eigenvalue weighted by molar-refractivity contribution is 6.39. The van der Waals surface area contributed by atoms with Gasteiger partial charge in [0.1, 0.15) is 0 Å². The second-order valence-electron chi connectivity index (χ2n) is 7.26. The number of nitrogens with one attached hydrogen (secondary N) is 2. The van der Waals surface area contributed by atoms with E-state index in [0.29, 0.717) is 27.6 Å². The second kappa shape index (κ2) is 9.58. The van der Waals surface area contributed by atoms with Crippen molar-refractivity contribution in [2.45, 2.75) is 39.2 Å². The van der Waals surface area contributed by atoms with E-state index in [4.69, 9.17) is 23.2 Å². The van der Waals surface area contributed by atoms with Crippen LogP contribution in [0.25, 0.3) is 0 Å². The summed E-state index contributed by atoms with van der Waals surface area (Å²) in [4.78, 5) is 26.2. The summed E-state index contributed by atoms with van der Waals surface area (Å²) in [7, 11) is 1.74. The largest absolute Gasteiger partial charge is 0.352 e. The topological polar surface area (TPSA) is 61.4 Å². The molecule has 144 valence electrons. The molecule has 3 atom stereocenters. The van der Waals surface area contributed by atoms with Crippen LogP contribution in [0.5, 0.6) is 0 Å². The summed E-state index contributed by atoms with van der Waals surface area (Å²) in [6.07, 6.45) is 3.39. The van der Waals surface area contributed by atoms with Gasteiger partial charge in [0.05, 0.1) is 28.8 Å². The Morgan fingerprint density at radius 1 is 1.12 bits per heavy atom. The van der Waals surface area contributed by atoms with Crippen molar-refractivity contribution in [1.29, 1.82) is 0 Å². The van der Waals surface area contributed by atoms with E-state index in [2.05, 4.69) is 24.5 Å². The molecule has 2 amide bonds. The number of para-hydroxylation sites is 1. The molecule has 1 saturated carbocycles. The maximum atomic E-state index is 12.3. The van der Waals surface area contributed by atoms with Crippen LogP contribution in [-0.4, -0.2) is 42.9 Å². The van der Waals surface area contributed by atoms with E-state index < -0.39 is 0 Å². The zero-order valence-electron chi connectivity index (χ0n) is 15.5. The van der Waals surface area contributed by atoms with Gasteiger partial charge in [-0.05, 0) is 37.4 Å². The molecule has 0 spiro atoms. The standard InChI is InChI=1S/C19H27Cl2N3O2/c1-12-6-4-9-16(13(12)2)22-17(25)10-24(3)11-18(26)23-19-14(20)7-5-8-15(19)21/h5,7-8,12-13,16H,4,6,9-11H2,1-3H3,(H,22,25)(H,23,26)/t12-,13+,16-/m0/s1. The van der Waals surface area contributed by atoms with Crippen LogP contribution < -0.4 is 10.6 Å². The number of halogens is 2. The molecule has 0 heterocycles. The summed E-state index contributed by atoms with van der Waals surface area (Å²) in [5.41, 5.74) is 0.392. The zero-order valence-corrected chi connectivity index (χ0v) is 17.0. The lowest BCUT2D eigenvalue weighted by Gasteiger charge is -2.34. The number of anilines is 1. The van der Waals surface area contributed by atoms with E-state index >= 15 is 0 Å². The van der Waals surface area contributed by atoms with Gasteiger partial charge in [-0.2, -0.15) is 0 Å². The summed E-state index contributed by atoms with van der Waals surface area (Å²) in [6, 6.07) is 5.25. The van der Waals surface area contributed by atoms with Crippen LogP contribution in [0.1, 0.15) is 33.1 Å². The number of likely N-dealkylation sites (N-methyl/N-ethyl adjacent to an activating group) is 1. The Balaban J connectivity index is 1.81. The molecular formula is C19H27Cl2N3O2. The van der Waals surface area contributed by atoms with Gasteiger partial charge in [-0.25, -0.2) is 0 Å². The van der Waals surface area contributed by atoms with Crippen molar-refractivity contribution < 1.29 is 9.59 Å². The van der Waals surface area contributed by atoms with Crippen molar-refractivity contribution in [2.24, 2.45) is 11.8 Å². The fourth-order valence-electron chi connectivity index (χ4n) is 3.38. The average Bonchev–Trinajstić information content (AvgIpc) is 2.55. The molecule has 1 aromatic carbocycles. The Kier molecular flexibility index (Phi) is 7.74. The van der Waals surface area contributed by atoms with Gasteiger partial charge in [0, 0.05) is 6.04 Å². The summed E-state index contributed by atoms with van der Waals surface area (Å²) in [5, 5.41) is 6.58. The summed E-state index contributed by atoms with van der Waals surface area (Å²) < 4.78 is 0. The van der Waals surface area contributed by atoms with Crippen LogP contribution >= 0.6 is 23.2 Å². The van der Waals surface area contributed by atoms with E-state index in [1.54, 1.807) is 30.1 Å². The van der Waals surface area contributed by atoms with E-state index in [1.165, 1.54) is 6.42 Å². The van der Waals surface area contributed by atoms with Crippen LogP contribution in [0.4, 0.5) is 5.69 Å². The van der Waals surface area contributed by atoms with E-state index in [0.717, 1.165) is 12.8 Å². The number of hydrogen-bond acceptors (Lipinski definition) is 3. The number of rotatable bonds is 6. The number of benzene rings is 1. The van der Waals surface area contributed by atoms with Gasteiger partial charge in [0.2, 0.25) is 11.8 Å². The quantitative estimate of drug-likeness (QED) is 0.764. The normalized spacial score (nSPS) is 22.9. The average molecular weight is 400 g/mol. The molecule has 0 unspecified atom stereocenters. The first-order valence-electron chi connectivity index (χ1n) is 8.99. The van der Waals surface area contributed by atoms with Gasteiger partial charge in [0.25, 0.3) is 0 Å². The molecule has 5 nitrogen and oxygen atoms in total. The molecule has 0 saturated heterocycles. The van der Waals surface area contributed by atoms with Crippen LogP contribution in [0.3, 0.4) is 0 Å². The monoisotopic (exact) mass is 399 g/mol. The maximum absolute atomic E-state index is 12.3. The smallest absolute Gasteiger partial charge is 0.238 e. The molecule has 1 aliphatic carbocycles. The van der Waals surface area contributed by atoms with Crippen LogP contribution in [-0.2, 0) is 9.59 Å². The lowest BCUT2D eigenvalue weighted by Crippen LogP contribution is -2.47. The van der Waals surface area contributed by atoms with Gasteiger partial charge >= 0.3 is 0 Å². The third kappa shape index (κ3) is 5.86. The third-order valence-corrected chi connectivity index (χ3v) is 5.74. The zero-order chi connectivity index (χ0) is 19.3. The molecule has 26 heavy (non-hydrogen) atoms. The second-order valence-corrected chi connectivity index (χ2v) is 8.07. The minimum Gasteiger partial charge on any atom is -0.352 e. The molecule has 0 aromatic heterocycles. The van der Waals surface area contributed by atoms with E-state index in [1.807, 2.05) is 0 Å². The lowest BCUT2D eigenvalue weighted by molar-refractivity contribution is -0.124. The van der Waals surface area contributed by atoms with Gasteiger partial charge < -0.3 is 10.6 Å². The van der Waals surface area contributed by atoms with Gasteiger partial charge in [0.15, 0.2) is 0 Å². The van der Waals surface area contributed by atoms with E-state index in [-0.39, 0.29) is 30.9 Å². The molecular weight excluding hydrogens is 373 g/mol. The Hall–Kier alpha value is -1.30. The minimum atomic E-state index is -0.269. The van der Waals surface area contributed by atoms with Gasteiger partial charge in [-0.15, -0.1) is 0 Å². The van der Waals surface area contributed by atoms with Crippen molar-refractivity contribution in [1.82, 2.24) is 10.2 Å². The number of nitrogens with zero attached hydrogens (tertiary/aromatic N) is 1. The minimum absolute atomic E-state index is 0.0537. The van der Waals surface area contributed by atoms with E-state index in [9.17, 15) is 9.59 Å². The highest BCUT2D eigenvalue weighted by atomic mass is 35.5. The van der Waals surface area contributed by atoms with Crippen LogP contribution in [0, 0.1) is 11.8 Å². The predicted octanol–water partition coefficient (Wildman–Crippen LogP) is 3.80. The molecule has 0 radical (unpaired) electrons.